The van der Waals surface area contributed by atoms with Crippen LogP contribution < -0.4 is 0 Å². The van der Waals surface area contributed by atoms with Gasteiger partial charge < -0.3 is 4.74 Å². The maximum atomic E-state index is 12.8. The van der Waals surface area contributed by atoms with E-state index in [4.69, 9.17) is 9.72 Å². The lowest BCUT2D eigenvalue weighted by atomic mass is 9.95. The first kappa shape index (κ1) is 15.4. The molecule has 1 saturated carbocycles. The van der Waals surface area contributed by atoms with Crippen molar-refractivity contribution in [3.05, 3.63) is 35.2 Å². The van der Waals surface area contributed by atoms with E-state index in [1.807, 2.05) is 20.0 Å². The highest BCUT2D eigenvalue weighted by Gasteiger charge is 2.29. The Morgan fingerprint density at radius 3 is 2.88 bits per heavy atom. The molecule has 5 nitrogen and oxygen atoms in total. The van der Waals surface area contributed by atoms with Gasteiger partial charge in [-0.25, -0.2) is 9.78 Å². The lowest BCUT2D eigenvalue weighted by molar-refractivity contribution is 0.0434. The van der Waals surface area contributed by atoms with Crippen molar-refractivity contribution in [2.24, 2.45) is 13.0 Å². The third-order valence-corrected chi connectivity index (χ3v) is 5.03. The second kappa shape index (κ2) is 6.04. The van der Waals surface area contributed by atoms with E-state index in [-0.39, 0.29) is 5.97 Å². The first-order valence-corrected chi connectivity index (χ1v) is 8.80. The summed E-state index contributed by atoms with van der Waals surface area (Å²) in [6, 6.07) is 1.93. The Bertz CT molecular complexity index is 818. The molecule has 0 spiro atoms. The van der Waals surface area contributed by atoms with E-state index in [0.717, 1.165) is 54.5 Å². The molecule has 2 aromatic rings. The Kier molecular flexibility index (Phi) is 3.87. The van der Waals surface area contributed by atoms with Crippen LogP contribution in [0.4, 0.5) is 0 Å². The molecule has 1 unspecified atom stereocenters. The molecule has 126 valence electrons. The standard InChI is InChI=1S/C19H23N3O2/c1-12-17-15(19(23)24-11-13-6-4-3-5-7-13)10-16(14-8-9-14)20-18(17)22(2)21-12/h3-4,10,13-14H,5-9,11H2,1-2H3. The number of allylic oxidation sites excluding steroid dienone is 2. The molecule has 0 radical (unpaired) electrons. The second-order valence-electron chi connectivity index (χ2n) is 7.03. The number of aromatic nitrogens is 3. The molecular formula is C19H23N3O2. The monoisotopic (exact) mass is 325 g/mol. The SMILES string of the molecule is Cc1nn(C)c2nc(C3CC3)cc(C(=O)OCC3CC=CCC3)c12. The van der Waals surface area contributed by atoms with Crippen molar-refractivity contribution >= 4 is 17.0 Å². The maximum Gasteiger partial charge on any atom is 0.339 e. The number of aryl methyl sites for hydroxylation is 2. The van der Waals surface area contributed by atoms with E-state index in [1.54, 1.807) is 4.68 Å². The van der Waals surface area contributed by atoms with Gasteiger partial charge in [0.05, 0.1) is 23.3 Å². The molecule has 1 atom stereocenters. The zero-order valence-electron chi connectivity index (χ0n) is 14.3. The molecule has 2 aromatic heterocycles. The Hall–Kier alpha value is -2.17. The Morgan fingerprint density at radius 2 is 2.17 bits per heavy atom. The molecule has 2 aliphatic carbocycles. The zero-order chi connectivity index (χ0) is 16.7. The third-order valence-electron chi connectivity index (χ3n) is 5.03. The van der Waals surface area contributed by atoms with E-state index < -0.39 is 0 Å². The van der Waals surface area contributed by atoms with Crippen molar-refractivity contribution in [1.29, 1.82) is 0 Å². The van der Waals surface area contributed by atoms with Crippen LogP contribution in [-0.2, 0) is 11.8 Å². The molecule has 2 heterocycles. The number of ether oxygens (including phenoxy) is 1. The molecule has 1 fully saturated rings. The second-order valence-corrected chi connectivity index (χ2v) is 7.03. The number of hydrogen-bond donors (Lipinski definition) is 0. The number of hydrogen-bond acceptors (Lipinski definition) is 4. The van der Waals surface area contributed by atoms with Gasteiger partial charge in [0.25, 0.3) is 0 Å². The van der Waals surface area contributed by atoms with Gasteiger partial charge in [0.1, 0.15) is 0 Å². The summed E-state index contributed by atoms with van der Waals surface area (Å²) in [5.74, 6) is 0.684. The van der Waals surface area contributed by atoms with Crippen LogP contribution in [0.25, 0.3) is 11.0 Å². The molecule has 0 N–H and O–H groups in total. The van der Waals surface area contributed by atoms with Crippen molar-refractivity contribution in [2.45, 2.75) is 44.9 Å². The summed E-state index contributed by atoms with van der Waals surface area (Å²) in [6.07, 6.45) is 9.85. The first-order chi connectivity index (χ1) is 11.6. The minimum atomic E-state index is -0.241. The van der Waals surface area contributed by atoms with E-state index in [9.17, 15) is 4.79 Å². The fraction of sp³-hybridized carbons (Fsp3) is 0.526. The van der Waals surface area contributed by atoms with E-state index in [1.165, 1.54) is 0 Å². The topological polar surface area (TPSA) is 57.0 Å². The average molecular weight is 325 g/mol. The summed E-state index contributed by atoms with van der Waals surface area (Å²) in [7, 11) is 1.88. The normalized spacial score (nSPS) is 20.5. The third kappa shape index (κ3) is 2.83. The van der Waals surface area contributed by atoms with Crippen molar-refractivity contribution in [3.8, 4) is 0 Å². The highest BCUT2D eigenvalue weighted by atomic mass is 16.5. The summed E-state index contributed by atoms with van der Waals surface area (Å²) in [6.45, 7) is 2.41. The van der Waals surface area contributed by atoms with E-state index in [2.05, 4.69) is 17.3 Å². The molecule has 0 bridgehead atoms. The lowest BCUT2D eigenvalue weighted by Gasteiger charge is -2.17. The summed E-state index contributed by atoms with van der Waals surface area (Å²) >= 11 is 0. The maximum absolute atomic E-state index is 12.8. The van der Waals surface area contributed by atoms with Crippen LogP contribution in [-0.4, -0.2) is 27.3 Å². The average Bonchev–Trinajstić information content (AvgIpc) is 3.40. The highest BCUT2D eigenvalue weighted by molar-refractivity contribution is 6.03. The number of nitrogens with zero attached hydrogens (tertiary/aromatic N) is 3. The number of esters is 1. The molecule has 4 rings (SSSR count). The molecule has 24 heavy (non-hydrogen) atoms. The van der Waals surface area contributed by atoms with Gasteiger partial charge in [-0.15, -0.1) is 0 Å². The summed E-state index contributed by atoms with van der Waals surface area (Å²) in [5, 5.41) is 5.27. The van der Waals surface area contributed by atoms with Gasteiger partial charge in [0.2, 0.25) is 0 Å². The zero-order valence-corrected chi connectivity index (χ0v) is 14.3. The van der Waals surface area contributed by atoms with Gasteiger partial charge in [-0.05, 0) is 51.0 Å². The smallest absolute Gasteiger partial charge is 0.339 e. The predicted molar refractivity (Wildman–Crippen MR) is 92.0 cm³/mol. The number of carbonyl (C=O) groups excluding carboxylic acids is 1. The van der Waals surface area contributed by atoms with Crippen molar-refractivity contribution in [2.75, 3.05) is 6.61 Å². The van der Waals surface area contributed by atoms with Crippen LogP contribution in [0.1, 0.15) is 59.8 Å². The van der Waals surface area contributed by atoms with Crippen molar-refractivity contribution < 1.29 is 9.53 Å². The number of fused-ring (bicyclic) bond motifs is 1. The van der Waals surface area contributed by atoms with Gasteiger partial charge in [0.15, 0.2) is 5.65 Å². The van der Waals surface area contributed by atoms with Crippen LogP contribution in [0.15, 0.2) is 18.2 Å². The Labute approximate surface area is 141 Å². The van der Waals surface area contributed by atoms with E-state index in [0.29, 0.717) is 24.0 Å². The van der Waals surface area contributed by atoms with Gasteiger partial charge in [-0.2, -0.15) is 5.10 Å². The quantitative estimate of drug-likeness (QED) is 0.636. The van der Waals surface area contributed by atoms with Crippen LogP contribution in [0.3, 0.4) is 0 Å². The molecule has 0 aliphatic heterocycles. The predicted octanol–water partition coefficient (Wildman–Crippen LogP) is 3.67. The molecule has 0 amide bonds. The summed E-state index contributed by atoms with van der Waals surface area (Å²) in [4.78, 5) is 17.5. The Balaban J connectivity index is 1.63. The minimum absolute atomic E-state index is 0.241. The molecule has 0 saturated heterocycles. The van der Waals surface area contributed by atoms with Crippen LogP contribution in [0.5, 0.6) is 0 Å². The molecule has 2 aliphatic rings. The summed E-state index contributed by atoms with van der Waals surface area (Å²) in [5.41, 5.74) is 3.23. The molecular weight excluding hydrogens is 302 g/mol. The van der Waals surface area contributed by atoms with Gasteiger partial charge in [-0.3, -0.25) is 4.68 Å². The molecule has 0 aromatic carbocycles. The summed E-state index contributed by atoms with van der Waals surface area (Å²) < 4.78 is 7.42. The van der Waals surface area contributed by atoms with Crippen molar-refractivity contribution in [1.82, 2.24) is 14.8 Å². The van der Waals surface area contributed by atoms with E-state index >= 15 is 0 Å². The van der Waals surface area contributed by atoms with Crippen molar-refractivity contribution in [3.63, 3.8) is 0 Å². The fourth-order valence-electron chi connectivity index (χ4n) is 3.49. The largest absolute Gasteiger partial charge is 0.462 e. The van der Waals surface area contributed by atoms with Crippen LogP contribution >= 0.6 is 0 Å². The Morgan fingerprint density at radius 1 is 1.33 bits per heavy atom. The number of carbonyl (C=O) groups is 1. The first-order valence-electron chi connectivity index (χ1n) is 8.80. The minimum Gasteiger partial charge on any atom is -0.462 e. The van der Waals surface area contributed by atoms with Gasteiger partial charge >= 0.3 is 5.97 Å². The van der Waals surface area contributed by atoms with Gasteiger partial charge in [0, 0.05) is 18.7 Å². The molecule has 5 heteroatoms. The van der Waals surface area contributed by atoms with Crippen LogP contribution in [0, 0.1) is 12.8 Å². The highest BCUT2D eigenvalue weighted by Crippen LogP contribution is 2.40. The fourth-order valence-corrected chi connectivity index (χ4v) is 3.49. The van der Waals surface area contributed by atoms with Crippen LogP contribution in [0.2, 0.25) is 0 Å². The number of rotatable bonds is 4. The lowest BCUT2D eigenvalue weighted by Crippen LogP contribution is -2.16. The van der Waals surface area contributed by atoms with Gasteiger partial charge in [-0.1, -0.05) is 12.2 Å². The number of pyridine rings is 1.